The minimum atomic E-state index is -0.190. The number of rotatable bonds is 9. The highest BCUT2D eigenvalue weighted by atomic mass is 32.2. The molecular weight excluding hydrogens is 502 g/mol. The Labute approximate surface area is 224 Å². The molecule has 0 saturated heterocycles. The summed E-state index contributed by atoms with van der Waals surface area (Å²) in [6.45, 7) is 4.36. The molecule has 194 valence electrons. The van der Waals surface area contributed by atoms with Crippen molar-refractivity contribution in [3.05, 3.63) is 88.5 Å². The van der Waals surface area contributed by atoms with Crippen LogP contribution in [0.5, 0.6) is 17.2 Å². The monoisotopic (exact) mass is 529 g/mol. The van der Waals surface area contributed by atoms with Crippen LogP contribution in [0.1, 0.15) is 18.4 Å². The van der Waals surface area contributed by atoms with Crippen LogP contribution in [-0.4, -0.2) is 35.4 Å². The first-order valence-corrected chi connectivity index (χ1v) is 13.1. The number of hydrogen-bond donors (Lipinski definition) is 0. The second-order valence-electron chi connectivity index (χ2n) is 8.33. The number of hydrogen-bond acceptors (Lipinski definition) is 8. The molecular formula is C29H27N3O5S. The Bertz CT molecular complexity index is 1660. The van der Waals surface area contributed by atoms with Crippen molar-refractivity contribution in [1.29, 1.82) is 0 Å². The zero-order chi connectivity index (χ0) is 26.6. The number of thioether (sulfide) groups is 1. The van der Waals surface area contributed by atoms with Gasteiger partial charge in [0, 0.05) is 11.8 Å². The lowest BCUT2D eigenvalue weighted by Crippen LogP contribution is -2.22. The molecule has 0 amide bonds. The third kappa shape index (κ3) is 4.84. The van der Waals surface area contributed by atoms with Crippen LogP contribution in [0.25, 0.3) is 28.0 Å². The van der Waals surface area contributed by atoms with E-state index in [2.05, 4.69) is 0 Å². The summed E-state index contributed by atoms with van der Waals surface area (Å²) >= 11 is 1.40. The molecule has 0 N–H and O–H groups in total. The summed E-state index contributed by atoms with van der Waals surface area (Å²) < 4.78 is 24.3. The van der Waals surface area contributed by atoms with Crippen molar-refractivity contribution >= 4 is 22.7 Å². The van der Waals surface area contributed by atoms with Gasteiger partial charge in [-0.1, -0.05) is 36.0 Å². The molecule has 0 bridgehead atoms. The van der Waals surface area contributed by atoms with Crippen molar-refractivity contribution in [2.45, 2.75) is 24.8 Å². The fourth-order valence-corrected chi connectivity index (χ4v) is 5.13. The lowest BCUT2D eigenvalue weighted by molar-refractivity contribution is 0.340. The van der Waals surface area contributed by atoms with E-state index in [4.69, 9.17) is 28.6 Å². The van der Waals surface area contributed by atoms with E-state index in [9.17, 15) is 4.79 Å². The number of oxazole rings is 1. The van der Waals surface area contributed by atoms with Gasteiger partial charge in [-0.25, -0.2) is 9.97 Å². The van der Waals surface area contributed by atoms with Crippen LogP contribution in [-0.2, 0) is 5.75 Å². The summed E-state index contributed by atoms with van der Waals surface area (Å²) in [7, 11) is 3.14. The van der Waals surface area contributed by atoms with E-state index in [-0.39, 0.29) is 5.56 Å². The Kier molecular flexibility index (Phi) is 7.37. The topological polar surface area (TPSA) is 88.6 Å². The predicted octanol–water partition coefficient (Wildman–Crippen LogP) is 6.06. The van der Waals surface area contributed by atoms with E-state index >= 15 is 0 Å². The third-order valence-corrected chi connectivity index (χ3v) is 6.97. The molecule has 0 aliphatic carbocycles. The van der Waals surface area contributed by atoms with Gasteiger partial charge in [-0.3, -0.25) is 9.36 Å². The summed E-state index contributed by atoms with van der Waals surface area (Å²) in [6.07, 6.45) is 0. The van der Waals surface area contributed by atoms with Gasteiger partial charge in [0.2, 0.25) is 5.89 Å². The van der Waals surface area contributed by atoms with Crippen molar-refractivity contribution in [1.82, 2.24) is 14.5 Å². The highest BCUT2D eigenvalue weighted by Gasteiger charge is 2.20. The molecule has 5 aromatic rings. The Morgan fingerprint density at radius 1 is 0.947 bits per heavy atom. The molecule has 0 fully saturated rings. The lowest BCUT2D eigenvalue weighted by atomic mass is 10.2. The van der Waals surface area contributed by atoms with Gasteiger partial charge < -0.3 is 18.6 Å². The minimum absolute atomic E-state index is 0.190. The SMILES string of the molecule is CCOc1ccccc1-c1nc(CSc2nc3ccccc3c(=O)n2-c2ccc(OC)cc2OC)c(C)o1. The summed E-state index contributed by atoms with van der Waals surface area (Å²) in [4.78, 5) is 23.3. The number of fused-ring (bicyclic) bond motifs is 1. The molecule has 0 aliphatic heterocycles. The highest BCUT2D eigenvalue weighted by Crippen LogP contribution is 2.34. The van der Waals surface area contributed by atoms with Gasteiger partial charge in [-0.15, -0.1) is 0 Å². The van der Waals surface area contributed by atoms with Crippen LogP contribution in [0.2, 0.25) is 0 Å². The number of aromatic nitrogens is 3. The van der Waals surface area contributed by atoms with E-state index in [1.165, 1.54) is 11.8 Å². The number of aryl methyl sites for hydroxylation is 1. The van der Waals surface area contributed by atoms with E-state index in [1.54, 1.807) is 43.1 Å². The lowest BCUT2D eigenvalue weighted by Gasteiger charge is -2.16. The molecule has 9 heteroatoms. The van der Waals surface area contributed by atoms with Crippen LogP contribution in [0.4, 0.5) is 0 Å². The van der Waals surface area contributed by atoms with Crippen LogP contribution in [0.15, 0.2) is 81.1 Å². The van der Waals surface area contributed by atoms with Gasteiger partial charge in [0.05, 0.1) is 48.7 Å². The molecule has 0 aliphatic rings. The van der Waals surface area contributed by atoms with E-state index in [1.807, 2.05) is 56.3 Å². The third-order valence-electron chi connectivity index (χ3n) is 6.02. The summed E-state index contributed by atoms with van der Waals surface area (Å²) in [6, 6.07) is 20.3. The molecule has 0 atom stereocenters. The smallest absolute Gasteiger partial charge is 0.266 e. The van der Waals surface area contributed by atoms with E-state index in [0.29, 0.717) is 63.0 Å². The summed E-state index contributed by atoms with van der Waals surface area (Å²) in [5, 5.41) is 1.03. The first-order chi connectivity index (χ1) is 18.5. The molecule has 0 spiro atoms. The Hall–Kier alpha value is -4.24. The minimum Gasteiger partial charge on any atom is -0.497 e. The first-order valence-electron chi connectivity index (χ1n) is 12.1. The number of para-hydroxylation sites is 2. The van der Waals surface area contributed by atoms with Gasteiger partial charge in [0.15, 0.2) is 5.16 Å². The largest absolute Gasteiger partial charge is 0.497 e. The number of ether oxygens (including phenoxy) is 3. The molecule has 0 saturated carbocycles. The zero-order valence-corrected chi connectivity index (χ0v) is 22.4. The van der Waals surface area contributed by atoms with E-state index < -0.39 is 0 Å². The van der Waals surface area contributed by atoms with Gasteiger partial charge in [-0.05, 0) is 50.2 Å². The van der Waals surface area contributed by atoms with Crippen LogP contribution in [0.3, 0.4) is 0 Å². The zero-order valence-electron chi connectivity index (χ0n) is 21.6. The maximum atomic E-state index is 13.7. The van der Waals surface area contributed by atoms with Crippen LogP contribution >= 0.6 is 11.8 Å². The van der Waals surface area contributed by atoms with Crippen molar-refractivity contribution in [2.24, 2.45) is 0 Å². The first kappa shape index (κ1) is 25.4. The molecule has 3 aromatic carbocycles. The second kappa shape index (κ2) is 11.0. The van der Waals surface area contributed by atoms with Gasteiger partial charge in [0.25, 0.3) is 5.56 Å². The summed E-state index contributed by atoms with van der Waals surface area (Å²) in [5.41, 5.74) is 2.54. The molecule has 0 unspecified atom stereocenters. The van der Waals surface area contributed by atoms with Gasteiger partial charge >= 0.3 is 0 Å². The fraction of sp³-hybridized carbons (Fsp3) is 0.207. The Balaban J connectivity index is 1.56. The maximum absolute atomic E-state index is 13.7. The predicted molar refractivity (Wildman–Crippen MR) is 148 cm³/mol. The van der Waals surface area contributed by atoms with Crippen LogP contribution in [0, 0.1) is 6.92 Å². The van der Waals surface area contributed by atoms with Gasteiger partial charge in [-0.2, -0.15) is 0 Å². The number of methoxy groups -OCH3 is 2. The van der Waals surface area contributed by atoms with Crippen LogP contribution < -0.4 is 19.8 Å². The second-order valence-corrected chi connectivity index (χ2v) is 9.27. The molecule has 5 rings (SSSR count). The normalized spacial score (nSPS) is 11.1. The molecule has 2 heterocycles. The Morgan fingerprint density at radius 2 is 1.74 bits per heavy atom. The molecule has 2 aromatic heterocycles. The summed E-state index contributed by atoms with van der Waals surface area (Å²) in [5.74, 6) is 3.46. The van der Waals surface area contributed by atoms with Crippen molar-refractivity contribution in [2.75, 3.05) is 20.8 Å². The standard InChI is InChI=1S/C29H27N3O5S/c1-5-36-25-13-9-7-11-21(25)27-30-23(18(2)37-27)17-38-29-31-22-12-8-6-10-20(22)28(33)32(29)24-15-14-19(34-3)16-26(24)35-4/h6-16H,5,17H2,1-4H3. The van der Waals surface area contributed by atoms with Crippen molar-refractivity contribution in [3.8, 4) is 34.4 Å². The fourth-order valence-electron chi connectivity index (χ4n) is 4.13. The molecule has 38 heavy (non-hydrogen) atoms. The highest BCUT2D eigenvalue weighted by molar-refractivity contribution is 7.98. The average Bonchev–Trinajstić information content (AvgIpc) is 3.32. The number of nitrogens with zero attached hydrogens (tertiary/aromatic N) is 3. The molecule has 0 radical (unpaired) electrons. The van der Waals surface area contributed by atoms with E-state index in [0.717, 1.165) is 11.3 Å². The molecule has 8 nitrogen and oxygen atoms in total. The quantitative estimate of drug-likeness (QED) is 0.168. The van der Waals surface area contributed by atoms with Crippen molar-refractivity contribution in [3.63, 3.8) is 0 Å². The Morgan fingerprint density at radius 3 is 2.53 bits per heavy atom. The van der Waals surface area contributed by atoms with Gasteiger partial charge in [0.1, 0.15) is 23.0 Å². The number of benzene rings is 3. The van der Waals surface area contributed by atoms with Crippen molar-refractivity contribution < 1.29 is 18.6 Å². The maximum Gasteiger partial charge on any atom is 0.266 e. The average molecular weight is 530 g/mol.